The monoisotopic (exact) mass is 330 g/mol. The number of nitrogens with zero attached hydrogens (tertiary/aromatic N) is 1. The number of rotatable bonds is 4. The molecule has 2 heterocycles. The Morgan fingerprint density at radius 3 is 2.78 bits per heavy atom. The van der Waals surface area contributed by atoms with E-state index in [0.717, 1.165) is 11.3 Å². The number of amides is 1. The number of cyclic esters (lactones) is 1. The number of carbonyl (C=O) groups excluding carboxylic acids is 2. The van der Waals surface area contributed by atoms with Gasteiger partial charge < -0.3 is 10.1 Å². The van der Waals surface area contributed by atoms with Crippen molar-refractivity contribution in [3.05, 3.63) is 35.7 Å². The van der Waals surface area contributed by atoms with E-state index in [-0.39, 0.29) is 24.2 Å². The molecule has 6 heteroatoms. The minimum absolute atomic E-state index is 0.127. The van der Waals surface area contributed by atoms with Crippen molar-refractivity contribution in [2.75, 3.05) is 5.32 Å². The fraction of sp³-hybridized carbons (Fsp3) is 0.353. The van der Waals surface area contributed by atoms with Gasteiger partial charge in [-0.2, -0.15) is 0 Å². The second kappa shape index (κ2) is 6.12. The van der Waals surface area contributed by atoms with Crippen LogP contribution in [0.1, 0.15) is 26.7 Å². The molecule has 5 nitrogen and oxygen atoms in total. The first kappa shape index (κ1) is 15.7. The molecule has 3 rings (SSSR count). The summed E-state index contributed by atoms with van der Waals surface area (Å²) in [6.45, 7) is 3.71. The summed E-state index contributed by atoms with van der Waals surface area (Å²) in [7, 11) is 0. The first-order valence-electron chi connectivity index (χ1n) is 7.47. The summed E-state index contributed by atoms with van der Waals surface area (Å²) >= 11 is 1.37. The van der Waals surface area contributed by atoms with Crippen LogP contribution in [-0.4, -0.2) is 22.5 Å². The van der Waals surface area contributed by atoms with Crippen LogP contribution in [0.25, 0.3) is 11.3 Å². The molecule has 2 aromatic rings. The lowest BCUT2D eigenvalue weighted by atomic mass is 9.95. The Bertz CT molecular complexity index is 724. The van der Waals surface area contributed by atoms with Gasteiger partial charge in [0.15, 0.2) is 5.13 Å². The number of carbonyl (C=O) groups is 2. The molecule has 1 aromatic carbocycles. The van der Waals surface area contributed by atoms with Gasteiger partial charge >= 0.3 is 5.97 Å². The third kappa shape index (κ3) is 3.76. The van der Waals surface area contributed by atoms with E-state index in [4.69, 9.17) is 4.74 Å². The number of nitrogens with one attached hydrogen (secondary N) is 1. The van der Waals surface area contributed by atoms with Gasteiger partial charge in [0.2, 0.25) is 5.91 Å². The van der Waals surface area contributed by atoms with Crippen molar-refractivity contribution in [2.45, 2.75) is 32.3 Å². The average molecular weight is 330 g/mol. The Hall–Kier alpha value is -2.21. The zero-order chi connectivity index (χ0) is 16.4. The van der Waals surface area contributed by atoms with Crippen LogP contribution in [0.15, 0.2) is 35.7 Å². The molecule has 0 spiro atoms. The van der Waals surface area contributed by atoms with Crippen LogP contribution in [0.5, 0.6) is 0 Å². The maximum Gasteiger partial charge on any atom is 0.310 e. The summed E-state index contributed by atoms with van der Waals surface area (Å²) in [6, 6.07) is 9.77. The predicted octanol–water partition coefficient (Wildman–Crippen LogP) is 3.48. The van der Waals surface area contributed by atoms with E-state index in [0.29, 0.717) is 11.6 Å². The maximum atomic E-state index is 12.1. The summed E-state index contributed by atoms with van der Waals surface area (Å²) in [6.07, 6.45) is 0.689. The van der Waals surface area contributed by atoms with Crippen molar-refractivity contribution in [1.29, 1.82) is 0 Å². The number of anilines is 1. The number of ether oxygens (including phenoxy) is 1. The fourth-order valence-electron chi connectivity index (χ4n) is 2.70. The van der Waals surface area contributed by atoms with E-state index >= 15 is 0 Å². The van der Waals surface area contributed by atoms with E-state index in [1.165, 1.54) is 11.3 Å². The number of hydrogen-bond donors (Lipinski definition) is 1. The summed E-state index contributed by atoms with van der Waals surface area (Å²) < 4.78 is 5.24. The second-order valence-electron chi connectivity index (χ2n) is 6.24. The van der Waals surface area contributed by atoms with E-state index < -0.39 is 5.60 Å². The number of thiazole rings is 1. The Balaban J connectivity index is 1.61. The van der Waals surface area contributed by atoms with Gasteiger partial charge in [-0.1, -0.05) is 30.3 Å². The Morgan fingerprint density at radius 1 is 1.39 bits per heavy atom. The lowest BCUT2D eigenvalue weighted by Crippen LogP contribution is -2.19. The van der Waals surface area contributed by atoms with Gasteiger partial charge in [-0.3, -0.25) is 9.59 Å². The largest absolute Gasteiger partial charge is 0.459 e. The van der Waals surface area contributed by atoms with Gasteiger partial charge in [0.1, 0.15) is 5.60 Å². The molecular weight excluding hydrogens is 312 g/mol. The summed E-state index contributed by atoms with van der Waals surface area (Å²) in [5.74, 6) is -0.883. The van der Waals surface area contributed by atoms with Gasteiger partial charge in [-0.25, -0.2) is 4.98 Å². The van der Waals surface area contributed by atoms with E-state index in [1.807, 2.05) is 49.6 Å². The van der Waals surface area contributed by atoms with Crippen molar-refractivity contribution in [3.63, 3.8) is 0 Å². The molecule has 0 saturated carbocycles. The van der Waals surface area contributed by atoms with Crippen molar-refractivity contribution < 1.29 is 14.3 Å². The lowest BCUT2D eigenvalue weighted by molar-refractivity contribution is -0.149. The molecule has 0 aliphatic carbocycles. The average Bonchev–Trinajstić information content (AvgIpc) is 3.04. The van der Waals surface area contributed by atoms with Crippen LogP contribution in [0.2, 0.25) is 0 Å². The van der Waals surface area contributed by atoms with Crippen molar-refractivity contribution in [3.8, 4) is 11.3 Å². The number of benzene rings is 1. The van der Waals surface area contributed by atoms with E-state index in [2.05, 4.69) is 10.3 Å². The zero-order valence-corrected chi connectivity index (χ0v) is 13.9. The summed E-state index contributed by atoms with van der Waals surface area (Å²) in [5, 5.41) is 5.21. The second-order valence-corrected chi connectivity index (χ2v) is 7.10. The molecule has 1 saturated heterocycles. The molecule has 1 N–H and O–H groups in total. The highest BCUT2D eigenvalue weighted by Gasteiger charge is 2.40. The van der Waals surface area contributed by atoms with Gasteiger partial charge in [0.25, 0.3) is 0 Å². The van der Waals surface area contributed by atoms with Gasteiger partial charge in [-0.15, -0.1) is 11.3 Å². The standard InChI is InChI=1S/C17H18N2O3S/c1-17(2)9-12(15(21)22-17)8-14(20)19-16-18-13(10-23-16)11-6-4-3-5-7-11/h3-7,10,12H,8-9H2,1-2H3,(H,18,19,20)/t12-/m0/s1. The molecule has 23 heavy (non-hydrogen) atoms. The smallest absolute Gasteiger partial charge is 0.310 e. The van der Waals surface area contributed by atoms with Crippen LogP contribution in [-0.2, 0) is 14.3 Å². The molecule has 1 aliphatic heterocycles. The number of hydrogen-bond acceptors (Lipinski definition) is 5. The minimum atomic E-state index is -0.482. The highest BCUT2D eigenvalue weighted by molar-refractivity contribution is 7.14. The van der Waals surface area contributed by atoms with Gasteiger partial charge in [0.05, 0.1) is 11.6 Å². The topological polar surface area (TPSA) is 68.3 Å². The molecule has 0 unspecified atom stereocenters. The molecule has 1 fully saturated rings. The quantitative estimate of drug-likeness (QED) is 0.872. The minimum Gasteiger partial charge on any atom is -0.459 e. The molecule has 0 radical (unpaired) electrons. The molecule has 1 aromatic heterocycles. The van der Waals surface area contributed by atoms with Crippen LogP contribution in [0.4, 0.5) is 5.13 Å². The van der Waals surface area contributed by atoms with Crippen molar-refractivity contribution in [1.82, 2.24) is 4.98 Å². The number of aromatic nitrogens is 1. The lowest BCUT2D eigenvalue weighted by Gasteiger charge is -2.14. The normalized spacial score (nSPS) is 19.4. The SMILES string of the molecule is CC1(C)C[C@H](CC(=O)Nc2nc(-c3ccccc3)cs2)C(=O)O1. The molecule has 1 aliphatic rings. The van der Waals surface area contributed by atoms with Gasteiger partial charge in [0, 0.05) is 23.8 Å². The Kier molecular flexibility index (Phi) is 4.17. The summed E-state index contributed by atoms with van der Waals surface area (Å²) in [4.78, 5) is 28.3. The third-order valence-electron chi connectivity index (χ3n) is 3.70. The van der Waals surface area contributed by atoms with Crippen LogP contribution >= 0.6 is 11.3 Å². The molecule has 0 bridgehead atoms. The fourth-order valence-corrected chi connectivity index (χ4v) is 3.43. The highest BCUT2D eigenvalue weighted by atomic mass is 32.1. The maximum absolute atomic E-state index is 12.1. The zero-order valence-electron chi connectivity index (χ0n) is 13.0. The van der Waals surface area contributed by atoms with Crippen LogP contribution in [0, 0.1) is 5.92 Å². The Morgan fingerprint density at radius 2 is 2.13 bits per heavy atom. The first-order chi connectivity index (χ1) is 10.9. The van der Waals surface area contributed by atoms with Crippen LogP contribution < -0.4 is 5.32 Å². The third-order valence-corrected chi connectivity index (χ3v) is 4.46. The van der Waals surface area contributed by atoms with Gasteiger partial charge in [-0.05, 0) is 13.8 Å². The van der Waals surface area contributed by atoms with Crippen LogP contribution in [0.3, 0.4) is 0 Å². The predicted molar refractivity (Wildman–Crippen MR) is 89.1 cm³/mol. The van der Waals surface area contributed by atoms with E-state index in [1.54, 1.807) is 0 Å². The molecule has 120 valence electrons. The highest BCUT2D eigenvalue weighted by Crippen LogP contribution is 2.32. The van der Waals surface area contributed by atoms with E-state index in [9.17, 15) is 9.59 Å². The van der Waals surface area contributed by atoms with Crippen molar-refractivity contribution >= 4 is 28.3 Å². The first-order valence-corrected chi connectivity index (χ1v) is 8.34. The molecular formula is C17H18N2O3S. The van der Waals surface area contributed by atoms with Crippen molar-refractivity contribution in [2.24, 2.45) is 5.92 Å². The Labute approximate surface area is 138 Å². The number of esters is 1. The summed E-state index contributed by atoms with van der Waals surface area (Å²) in [5.41, 5.74) is 1.35. The molecule has 1 amide bonds. The molecule has 1 atom stereocenters.